The lowest BCUT2D eigenvalue weighted by Crippen LogP contribution is -2.56. The highest BCUT2D eigenvalue weighted by Crippen LogP contribution is 2.12. The van der Waals surface area contributed by atoms with E-state index >= 15 is 0 Å². The van der Waals surface area contributed by atoms with Gasteiger partial charge < -0.3 is 15.4 Å². The summed E-state index contributed by atoms with van der Waals surface area (Å²) in [4.78, 5) is 30.8. The molecular weight excluding hydrogens is 380 g/mol. The topological polar surface area (TPSA) is 83.6 Å². The summed E-state index contributed by atoms with van der Waals surface area (Å²) in [6.45, 7) is 3.23. The Balaban J connectivity index is 1.37. The first-order valence-electron chi connectivity index (χ1n) is 10.6. The van der Waals surface area contributed by atoms with Crippen molar-refractivity contribution in [2.75, 3.05) is 32.8 Å². The Labute approximate surface area is 177 Å². The van der Waals surface area contributed by atoms with E-state index in [9.17, 15) is 9.59 Å². The van der Waals surface area contributed by atoms with E-state index in [2.05, 4.69) is 32.7 Å². The molecule has 7 heteroatoms. The number of carbonyl (C=O) groups is 2. The Hall–Kier alpha value is -2.93. The number of amides is 2. The smallest absolute Gasteiger partial charge is 0.237 e. The number of benzene rings is 1. The molecule has 1 aromatic heterocycles. The molecule has 1 aromatic carbocycles. The normalized spacial score (nSPS) is 16.7. The van der Waals surface area contributed by atoms with E-state index in [1.54, 1.807) is 12.4 Å². The maximum atomic E-state index is 12.4. The van der Waals surface area contributed by atoms with Gasteiger partial charge in [0.15, 0.2) is 0 Å². The van der Waals surface area contributed by atoms with Crippen molar-refractivity contribution in [3.63, 3.8) is 0 Å². The van der Waals surface area contributed by atoms with E-state index < -0.39 is 6.04 Å². The minimum Gasteiger partial charge on any atom is -0.492 e. The summed E-state index contributed by atoms with van der Waals surface area (Å²) >= 11 is 0. The summed E-state index contributed by atoms with van der Waals surface area (Å²) in [5.41, 5.74) is 1.29. The minimum atomic E-state index is -0.402. The molecule has 1 fully saturated rings. The highest BCUT2D eigenvalue weighted by Gasteiger charge is 2.31. The third kappa shape index (κ3) is 7.15. The zero-order valence-corrected chi connectivity index (χ0v) is 17.3. The van der Waals surface area contributed by atoms with Crippen LogP contribution in [0.1, 0.15) is 24.8 Å². The SMILES string of the molecule is O=C(C[C@H]1C(=O)NCCN1CCCc1ccccc1)NCCCOc1cccnc1. The van der Waals surface area contributed by atoms with Gasteiger partial charge in [0, 0.05) is 25.8 Å². The number of ether oxygens (including phenoxy) is 1. The van der Waals surface area contributed by atoms with Crippen molar-refractivity contribution < 1.29 is 14.3 Å². The molecule has 7 nitrogen and oxygen atoms in total. The molecule has 0 bridgehead atoms. The van der Waals surface area contributed by atoms with Crippen LogP contribution < -0.4 is 15.4 Å². The first-order chi connectivity index (χ1) is 14.7. The van der Waals surface area contributed by atoms with Crippen LogP contribution in [0.15, 0.2) is 54.9 Å². The van der Waals surface area contributed by atoms with Gasteiger partial charge in [-0.2, -0.15) is 0 Å². The molecule has 1 aliphatic rings. The number of pyridine rings is 1. The second kappa shape index (κ2) is 11.9. The van der Waals surface area contributed by atoms with Crippen molar-refractivity contribution in [3.8, 4) is 5.75 Å². The molecule has 3 rings (SSSR count). The van der Waals surface area contributed by atoms with Crippen molar-refractivity contribution in [1.82, 2.24) is 20.5 Å². The molecule has 1 saturated heterocycles. The number of nitrogens with one attached hydrogen (secondary N) is 2. The molecule has 0 unspecified atom stereocenters. The monoisotopic (exact) mass is 410 g/mol. The minimum absolute atomic E-state index is 0.0592. The Morgan fingerprint density at radius 1 is 1.20 bits per heavy atom. The number of carbonyl (C=O) groups excluding carboxylic acids is 2. The van der Waals surface area contributed by atoms with Crippen molar-refractivity contribution in [3.05, 3.63) is 60.4 Å². The van der Waals surface area contributed by atoms with Crippen LogP contribution in [0.3, 0.4) is 0 Å². The molecule has 0 saturated carbocycles. The molecule has 0 spiro atoms. The number of aromatic nitrogens is 1. The fraction of sp³-hybridized carbons (Fsp3) is 0.435. The van der Waals surface area contributed by atoms with Crippen LogP contribution in [0.25, 0.3) is 0 Å². The van der Waals surface area contributed by atoms with Gasteiger partial charge in [-0.25, -0.2) is 0 Å². The van der Waals surface area contributed by atoms with Gasteiger partial charge >= 0.3 is 0 Å². The third-order valence-electron chi connectivity index (χ3n) is 5.12. The van der Waals surface area contributed by atoms with Crippen LogP contribution in [0.2, 0.25) is 0 Å². The Kier molecular flexibility index (Phi) is 8.65. The second-order valence-electron chi connectivity index (χ2n) is 7.38. The summed E-state index contributed by atoms with van der Waals surface area (Å²) < 4.78 is 5.57. The third-order valence-corrected chi connectivity index (χ3v) is 5.12. The molecule has 2 aromatic rings. The summed E-state index contributed by atoms with van der Waals surface area (Å²) in [5.74, 6) is 0.552. The van der Waals surface area contributed by atoms with Crippen molar-refractivity contribution in [2.45, 2.75) is 31.7 Å². The average Bonchev–Trinajstić information content (AvgIpc) is 2.77. The molecule has 1 aliphatic heterocycles. The number of hydrogen-bond acceptors (Lipinski definition) is 5. The van der Waals surface area contributed by atoms with Crippen molar-refractivity contribution >= 4 is 11.8 Å². The first-order valence-corrected chi connectivity index (χ1v) is 10.6. The summed E-state index contributed by atoms with van der Waals surface area (Å²) in [5, 5.41) is 5.78. The lowest BCUT2D eigenvalue weighted by molar-refractivity contribution is -0.133. The van der Waals surface area contributed by atoms with Crippen LogP contribution in [0, 0.1) is 0 Å². The highest BCUT2D eigenvalue weighted by molar-refractivity contribution is 5.88. The van der Waals surface area contributed by atoms with Crippen molar-refractivity contribution in [2.24, 2.45) is 0 Å². The van der Waals surface area contributed by atoms with E-state index in [-0.39, 0.29) is 18.2 Å². The zero-order valence-electron chi connectivity index (χ0n) is 17.3. The maximum Gasteiger partial charge on any atom is 0.237 e. The fourth-order valence-electron chi connectivity index (χ4n) is 3.55. The summed E-state index contributed by atoms with van der Waals surface area (Å²) in [6.07, 6.45) is 6.15. The van der Waals surface area contributed by atoms with E-state index in [0.29, 0.717) is 31.9 Å². The van der Waals surface area contributed by atoms with Crippen LogP contribution in [-0.2, 0) is 16.0 Å². The van der Waals surface area contributed by atoms with Gasteiger partial charge in [0.05, 0.1) is 25.3 Å². The molecule has 2 heterocycles. The predicted molar refractivity (Wildman–Crippen MR) is 115 cm³/mol. The van der Waals surface area contributed by atoms with Gasteiger partial charge in [-0.1, -0.05) is 30.3 Å². The number of aryl methyl sites for hydroxylation is 1. The number of piperazine rings is 1. The number of hydrogen-bond donors (Lipinski definition) is 2. The van der Waals surface area contributed by atoms with Crippen LogP contribution >= 0.6 is 0 Å². The molecule has 160 valence electrons. The molecule has 2 N–H and O–H groups in total. The summed E-state index contributed by atoms with van der Waals surface area (Å²) in [7, 11) is 0. The Morgan fingerprint density at radius 2 is 2.07 bits per heavy atom. The zero-order chi connectivity index (χ0) is 21.0. The highest BCUT2D eigenvalue weighted by atomic mass is 16.5. The Morgan fingerprint density at radius 3 is 2.87 bits per heavy atom. The molecule has 0 radical (unpaired) electrons. The number of rotatable bonds is 11. The number of nitrogens with zero attached hydrogens (tertiary/aromatic N) is 2. The van der Waals surface area contributed by atoms with Gasteiger partial charge in [0.25, 0.3) is 0 Å². The average molecular weight is 411 g/mol. The second-order valence-corrected chi connectivity index (χ2v) is 7.38. The van der Waals surface area contributed by atoms with Crippen LogP contribution in [0.4, 0.5) is 0 Å². The van der Waals surface area contributed by atoms with Gasteiger partial charge in [-0.15, -0.1) is 0 Å². The van der Waals surface area contributed by atoms with Gasteiger partial charge in [0.2, 0.25) is 11.8 Å². The largest absolute Gasteiger partial charge is 0.492 e. The standard InChI is InChI=1S/C23H30N4O3/c28-22(25-12-6-16-30-20-10-4-11-24-18-20)17-21-23(29)26-13-15-27(21)14-5-9-19-7-2-1-3-8-19/h1-4,7-8,10-11,18,21H,5-6,9,12-17H2,(H,25,28)(H,26,29)/t21-/m0/s1. The molecular formula is C23H30N4O3. The van der Waals surface area contributed by atoms with Gasteiger partial charge in [-0.05, 0) is 43.5 Å². The van der Waals surface area contributed by atoms with E-state index in [4.69, 9.17) is 4.74 Å². The fourth-order valence-corrected chi connectivity index (χ4v) is 3.55. The van der Waals surface area contributed by atoms with Gasteiger partial charge in [0.1, 0.15) is 5.75 Å². The van der Waals surface area contributed by atoms with Crippen LogP contribution in [-0.4, -0.2) is 60.5 Å². The van der Waals surface area contributed by atoms with E-state index in [0.717, 1.165) is 25.9 Å². The molecule has 0 aliphatic carbocycles. The van der Waals surface area contributed by atoms with Crippen molar-refractivity contribution in [1.29, 1.82) is 0 Å². The van der Waals surface area contributed by atoms with Gasteiger partial charge in [-0.3, -0.25) is 19.5 Å². The predicted octanol–water partition coefficient (Wildman–Crippen LogP) is 1.79. The molecule has 30 heavy (non-hydrogen) atoms. The lowest BCUT2D eigenvalue weighted by Gasteiger charge is -2.34. The first kappa shape index (κ1) is 21.8. The van der Waals surface area contributed by atoms with E-state index in [1.807, 2.05) is 30.3 Å². The lowest BCUT2D eigenvalue weighted by atomic mass is 10.1. The van der Waals surface area contributed by atoms with E-state index in [1.165, 1.54) is 5.56 Å². The quantitative estimate of drug-likeness (QED) is 0.552. The molecule has 1 atom stereocenters. The van der Waals surface area contributed by atoms with Crippen LogP contribution in [0.5, 0.6) is 5.75 Å². The molecule has 2 amide bonds. The summed E-state index contributed by atoms with van der Waals surface area (Å²) in [6, 6.07) is 13.6. The maximum absolute atomic E-state index is 12.4. The Bertz CT molecular complexity index is 786.